The van der Waals surface area contributed by atoms with Gasteiger partial charge in [0.2, 0.25) is 11.2 Å². The number of aryl methyl sites for hydroxylation is 6. The molecule has 0 spiro atoms. The van der Waals surface area contributed by atoms with E-state index in [0.29, 0.717) is 42.1 Å². The summed E-state index contributed by atoms with van der Waals surface area (Å²) in [5, 5.41) is 19.3. The van der Waals surface area contributed by atoms with Gasteiger partial charge in [-0.15, -0.1) is 0 Å². The van der Waals surface area contributed by atoms with E-state index in [0.717, 1.165) is 45.4 Å². The van der Waals surface area contributed by atoms with Crippen molar-refractivity contribution in [2.45, 2.75) is 86.2 Å². The van der Waals surface area contributed by atoms with Crippen LogP contribution in [0, 0.1) is 13.8 Å². The van der Waals surface area contributed by atoms with Crippen LogP contribution >= 0.6 is 0 Å². The molecule has 6 rings (SSSR count). The van der Waals surface area contributed by atoms with Crippen molar-refractivity contribution in [2.75, 3.05) is 0 Å². The number of hydrogen-bond acceptors (Lipinski definition) is 5. The molecular formula is C37H46N10O3. The quantitative estimate of drug-likeness (QED) is 0.220. The molecule has 2 atom stereocenters. The van der Waals surface area contributed by atoms with Crippen molar-refractivity contribution >= 4 is 33.9 Å². The number of nitrogens with zero attached hydrogens (tertiary/aromatic N) is 10. The second-order valence-corrected chi connectivity index (χ2v) is 13.0. The standard InChI is InChI=1S/C37H46N10O3/c1-9-44-31(20-23(3)40-44)34(49)38-36-42(7)28-15-11-12-16-29(28)46(36)25(5)18-19-26(6)47-33-27(22-48)14-13-17-30(33)43(8)37(47)39-35(50)32-21-24(4)41-45(32)10-2/h11-17,20-21,25-26,48H,9-10,18-19,22H2,1-8H3/b38-36+,39-37?/t25-,26+/m0/s1. The molecule has 4 aromatic heterocycles. The number of amides is 2. The lowest BCUT2D eigenvalue weighted by Crippen LogP contribution is -2.30. The van der Waals surface area contributed by atoms with E-state index in [-0.39, 0.29) is 30.5 Å². The van der Waals surface area contributed by atoms with Gasteiger partial charge in [0.25, 0.3) is 11.8 Å². The zero-order chi connectivity index (χ0) is 35.9. The lowest BCUT2D eigenvalue weighted by Gasteiger charge is -2.20. The summed E-state index contributed by atoms with van der Waals surface area (Å²) < 4.78 is 11.4. The molecule has 0 saturated heterocycles. The van der Waals surface area contributed by atoms with Gasteiger partial charge in [0.05, 0.1) is 40.1 Å². The van der Waals surface area contributed by atoms with E-state index in [1.165, 1.54) is 0 Å². The lowest BCUT2D eigenvalue weighted by molar-refractivity contribution is 0.0977. The van der Waals surface area contributed by atoms with Crippen LogP contribution in [0.2, 0.25) is 0 Å². The Morgan fingerprint density at radius 3 is 1.74 bits per heavy atom. The number of carbonyl (C=O) groups is 2. The van der Waals surface area contributed by atoms with E-state index in [2.05, 4.69) is 49.2 Å². The summed E-state index contributed by atoms with van der Waals surface area (Å²) in [5.41, 5.74) is 7.88. The van der Waals surface area contributed by atoms with Crippen LogP contribution < -0.4 is 11.2 Å². The summed E-state index contributed by atoms with van der Waals surface area (Å²) in [6.07, 6.45) is 1.43. The maximum atomic E-state index is 13.7. The largest absolute Gasteiger partial charge is 0.392 e. The Hall–Kier alpha value is -5.30. The molecule has 6 aromatic rings. The highest BCUT2D eigenvalue weighted by Crippen LogP contribution is 2.27. The summed E-state index contributed by atoms with van der Waals surface area (Å²) in [5.74, 6) is -0.717. The van der Waals surface area contributed by atoms with Gasteiger partial charge >= 0.3 is 0 Å². The van der Waals surface area contributed by atoms with Crippen LogP contribution in [0.4, 0.5) is 0 Å². The summed E-state index contributed by atoms with van der Waals surface area (Å²) in [6.45, 7) is 12.9. The van der Waals surface area contributed by atoms with Crippen molar-refractivity contribution in [3.05, 3.63) is 94.2 Å². The molecule has 2 amide bonds. The maximum absolute atomic E-state index is 13.7. The van der Waals surface area contributed by atoms with Crippen molar-refractivity contribution in [3.8, 4) is 0 Å². The topological polar surface area (TPSA) is 134 Å². The minimum absolute atomic E-state index is 0.0512. The number of imidazole rings is 2. The van der Waals surface area contributed by atoms with Crippen LogP contribution in [0.1, 0.15) is 90.5 Å². The minimum atomic E-state index is -0.375. The lowest BCUT2D eigenvalue weighted by atomic mass is 10.1. The summed E-state index contributed by atoms with van der Waals surface area (Å²) in [4.78, 5) is 36.6. The van der Waals surface area contributed by atoms with E-state index in [4.69, 9.17) is 0 Å². The molecule has 2 aromatic carbocycles. The second kappa shape index (κ2) is 13.9. The van der Waals surface area contributed by atoms with Crippen LogP contribution in [0.15, 0.2) is 64.6 Å². The number of benzene rings is 2. The number of aliphatic hydroxyl groups is 1. The van der Waals surface area contributed by atoms with Gasteiger partial charge in [0, 0.05) is 44.8 Å². The predicted octanol–water partition coefficient (Wildman–Crippen LogP) is 4.90. The molecule has 50 heavy (non-hydrogen) atoms. The van der Waals surface area contributed by atoms with Crippen molar-refractivity contribution in [1.82, 2.24) is 37.8 Å². The maximum Gasteiger partial charge on any atom is 0.298 e. The summed E-state index contributed by atoms with van der Waals surface area (Å²) >= 11 is 0. The van der Waals surface area contributed by atoms with Crippen LogP contribution in [0.5, 0.6) is 0 Å². The van der Waals surface area contributed by atoms with E-state index in [1.807, 2.05) is 87.3 Å². The number of aromatic nitrogens is 8. The molecule has 0 aliphatic carbocycles. The van der Waals surface area contributed by atoms with Gasteiger partial charge < -0.3 is 23.4 Å². The molecule has 0 bridgehead atoms. The molecule has 0 aliphatic heterocycles. The summed E-state index contributed by atoms with van der Waals surface area (Å²) in [6, 6.07) is 17.2. The van der Waals surface area contributed by atoms with Crippen LogP contribution in [0.25, 0.3) is 22.1 Å². The fraction of sp³-hybridized carbons (Fsp3) is 0.405. The number of aliphatic hydroxyl groups excluding tert-OH is 1. The Bertz CT molecular complexity index is 2380. The number of fused-ring (bicyclic) bond motifs is 2. The Balaban J connectivity index is 1.41. The monoisotopic (exact) mass is 678 g/mol. The number of carbonyl (C=O) groups excluding carboxylic acids is 2. The molecular weight excluding hydrogens is 632 g/mol. The Morgan fingerprint density at radius 1 is 0.720 bits per heavy atom. The molecule has 4 heterocycles. The van der Waals surface area contributed by atoms with Gasteiger partial charge in [-0.05, 0) is 84.7 Å². The predicted molar refractivity (Wildman–Crippen MR) is 191 cm³/mol. The molecule has 262 valence electrons. The third-order valence-electron chi connectivity index (χ3n) is 9.53. The normalized spacial score (nSPS) is 13.9. The SMILES string of the molecule is CCn1nc(C)cc1C(=O)N=c1n(C)c2cccc(CO)c2n1[C@H](C)CC[C@H](C)n1/c(=N/C(=O)c2cc(C)nn2CC)n(C)c2ccccc21. The van der Waals surface area contributed by atoms with Gasteiger partial charge in [0.15, 0.2) is 0 Å². The average molecular weight is 679 g/mol. The average Bonchev–Trinajstić information content (AvgIpc) is 3.84. The van der Waals surface area contributed by atoms with E-state index in [1.54, 1.807) is 21.5 Å². The van der Waals surface area contributed by atoms with Crippen molar-refractivity contribution in [3.63, 3.8) is 0 Å². The highest BCUT2D eigenvalue weighted by atomic mass is 16.3. The summed E-state index contributed by atoms with van der Waals surface area (Å²) in [7, 11) is 3.83. The number of rotatable bonds is 10. The highest BCUT2D eigenvalue weighted by Gasteiger charge is 2.23. The minimum Gasteiger partial charge on any atom is -0.392 e. The highest BCUT2D eigenvalue weighted by molar-refractivity contribution is 5.94. The molecule has 13 nitrogen and oxygen atoms in total. The Morgan fingerprint density at radius 2 is 1.20 bits per heavy atom. The van der Waals surface area contributed by atoms with Gasteiger partial charge in [-0.3, -0.25) is 19.0 Å². The van der Waals surface area contributed by atoms with Crippen molar-refractivity contribution in [1.29, 1.82) is 0 Å². The zero-order valence-corrected chi connectivity index (χ0v) is 30.1. The van der Waals surface area contributed by atoms with E-state index in [9.17, 15) is 14.7 Å². The van der Waals surface area contributed by atoms with Crippen molar-refractivity contribution < 1.29 is 14.7 Å². The molecule has 0 unspecified atom stereocenters. The van der Waals surface area contributed by atoms with Gasteiger partial charge in [-0.25, -0.2) is 0 Å². The molecule has 0 radical (unpaired) electrons. The Labute approximate surface area is 290 Å². The van der Waals surface area contributed by atoms with Gasteiger partial charge in [-0.2, -0.15) is 20.2 Å². The van der Waals surface area contributed by atoms with Crippen molar-refractivity contribution in [2.24, 2.45) is 24.1 Å². The number of para-hydroxylation sites is 3. The van der Waals surface area contributed by atoms with E-state index < -0.39 is 0 Å². The smallest absolute Gasteiger partial charge is 0.298 e. The van der Waals surface area contributed by atoms with Crippen LogP contribution in [-0.4, -0.2) is 54.8 Å². The molecule has 1 N–H and O–H groups in total. The molecule has 0 saturated carbocycles. The molecule has 0 aliphatic rings. The number of hydrogen-bond donors (Lipinski definition) is 1. The van der Waals surface area contributed by atoms with Gasteiger partial charge in [-0.1, -0.05) is 24.3 Å². The zero-order valence-electron chi connectivity index (χ0n) is 30.1. The fourth-order valence-electron chi connectivity index (χ4n) is 7.02. The first kappa shape index (κ1) is 34.6. The Kier molecular flexibility index (Phi) is 9.61. The van der Waals surface area contributed by atoms with E-state index >= 15 is 0 Å². The molecule has 0 fully saturated rings. The van der Waals surface area contributed by atoms with Gasteiger partial charge in [0.1, 0.15) is 11.4 Å². The molecule has 13 heteroatoms. The second-order valence-electron chi connectivity index (χ2n) is 13.0. The third kappa shape index (κ3) is 6.06. The third-order valence-corrected chi connectivity index (χ3v) is 9.53. The first-order chi connectivity index (χ1) is 24.0. The van der Waals surface area contributed by atoms with Crippen LogP contribution in [0.3, 0.4) is 0 Å². The first-order valence-electron chi connectivity index (χ1n) is 17.2. The first-order valence-corrected chi connectivity index (χ1v) is 17.2. The van der Waals surface area contributed by atoms with Crippen LogP contribution in [-0.2, 0) is 33.8 Å². The fourth-order valence-corrected chi connectivity index (χ4v) is 7.02.